The van der Waals surface area contributed by atoms with E-state index in [-0.39, 0.29) is 5.91 Å². The minimum atomic E-state index is -0.505. The average Bonchev–Trinajstić information content (AvgIpc) is 2.73. The van der Waals surface area contributed by atoms with Crippen LogP contribution >= 0.6 is 0 Å². The van der Waals surface area contributed by atoms with E-state index < -0.39 is 6.10 Å². The fraction of sp³-hybridized carbons (Fsp3) is 0.409. The number of hydrogen-bond acceptors (Lipinski definition) is 4. The first kappa shape index (κ1) is 19.2. The highest BCUT2D eigenvalue weighted by Gasteiger charge is 2.22. The topological polar surface area (TPSA) is 44.8 Å². The number of para-hydroxylation sites is 2. The molecule has 0 aliphatic carbocycles. The van der Waals surface area contributed by atoms with Crippen LogP contribution in [-0.4, -0.2) is 55.7 Å². The molecule has 1 N–H and O–H groups in total. The molecule has 2 aromatic rings. The van der Waals surface area contributed by atoms with Gasteiger partial charge in [0.25, 0.3) is 5.91 Å². The van der Waals surface area contributed by atoms with E-state index in [0.717, 1.165) is 26.2 Å². The van der Waals surface area contributed by atoms with Crippen LogP contribution in [0.2, 0.25) is 0 Å². The van der Waals surface area contributed by atoms with Crippen molar-refractivity contribution >= 4 is 11.6 Å². The predicted octanol–water partition coefficient (Wildman–Crippen LogP) is 2.78. The molecule has 1 amide bonds. The van der Waals surface area contributed by atoms with Crippen LogP contribution in [0, 0.1) is 0 Å². The van der Waals surface area contributed by atoms with Gasteiger partial charge < -0.3 is 15.0 Å². The first-order valence-electron chi connectivity index (χ1n) is 9.67. The number of rotatable bonds is 7. The Morgan fingerprint density at radius 3 is 2.19 bits per heavy atom. The lowest BCUT2D eigenvalue weighted by atomic mass is 10.2. The second-order valence-corrected chi connectivity index (χ2v) is 7.03. The van der Waals surface area contributed by atoms with Gasteiger partial charge in [-0.15, -0.1) is 0 Å². The normalized spacial score (nSPS) is 17.2. The zero-order valence-corrected chi connectivity index (χ0v) is 16.2. The molecule has 1 aliphatic rings. The second-order valence-electron chi connectivity index (χ2n) is 7.03. The Bertz CT molecular complexity index is 700. The van der Waals surface area contributed by atoms with Gasteiger partial charge in [-0.3, -0.25) is 9.69 Å². The Kier molecular flexibility index (Phi) is 6.71. The number of carbonyl (C=O) groups is 1. The third-order valence-corrected chi connectivity index (χ3v) is 5.06. The molecule has 1 heterocycles. The summed E-state index contributed by atoms with van der Waals surface area (Å²) in [6.07, 6.45) is -0.505. The maximum atomic E-state index is 12.3. The minimum absolute atomic E-state index is 0.0753. The van der Waals surface area contributed by atoms with Crippen LogP contribution in [0.15, 0.2) is 60.7 Å². The maximum Gasteiger partial charge on any atom is 0.260 e. The summed E-state index contributed by atoms with van der Waals surface area (Å²) in [5, 5.41) is 3.02. The highest BCUT2D eigenvalue weighted by Crippen LogP contribution is 2.16. The molecule has 1 fully saturated rings. The molecule has 27 heavy (non-hydrogen) atoms. The van der Waals surface area contributed by atoms with Gasteiger partial charge in [0.15, 0.2) is 6.10 Å². The van der Waals surface area contributed by atoms with Gasteiger partial charge in [0.05, 0.1) is 0 Å². The van der Waals surface area contributed by atoms with Crippen LogP contribution in [-0.2, 0) is 4.79 Å². The van der Waals surface area contributed by atoms with Crippen molar-refractivity contribution in [3.8, 4) is 5.75 Å². The number of hydrogen-bond donors (Lipinski definition) is 1. The van der Waals surface area contributed by atoms with Crippen molar-refractivity contribution in [3.05, 3.63) is 60.7 Å². The van der Waals surface area contributed by atoms with Crippen molar-refractivity contribution in [2.45, 2.75) is 26.0 Å². The quantitative estimate of drug-likeness (QED) is 0.817. The van der Waals surface area contributed by atoms with Crippen LogP contribution in [0.25, 0.3) is 0 Å². The molecule has 5 heteroatoms. The van der Waals surface area contributed by atoms with E-state index in [1.54, 1.807) is 6.92 Å². The number of anilines is 1. The summed E-state index contributed by atoms with van der Waals surface area (Å²) in [7, 11) is 0. The molecule has 0 bridgehead atoms. The fourth-order valence-corrected chi connectivity index (χ4v) is 3.34. The van der Waals surface area contributed by atoms with E-state index in [4.69, 9.17) is 4.74 Å². The molecule has 0 saturated carbocycles. The van der Waals surface area contributed by atoms with Crippen LogP contribution in [0.3, 0.4) is 0 Å². The van der Waals surface area contributed by atoms with Gasteiger partial charge in [-0.1, -0.05) is 36.4 Å². The molecule has 0 radical (unpaired) electrons. The van der Waals surface area contributed by atoms with Crippen LogP contribution < -0.4 is 15.0 Å². The Labute approximate surface area is 161 Å². The second kappa shape index (κ2) is 9.42. The van der Waals surface area contributed by atoms with Gasteiger partial charge in [-0.25, -0.2) is 0 Å². The Balaban J connectivity index is 1.40. The van der Waals surface area contributed by atoms with Crippen molar-refractivity contribution in [1.82, 2.24) is 10.2 Å². The molecule has 5 nitrogen and oxygen atoms in total. The van der Waals surface area contributed by atoms with E-state index in [1.807, 2.05) is 36.4 Å². The van der Waals surface area contributed by atoms with Gasteiger partial charge in [0.2, 0.25) is 0 Å². The summed E-state index contributed by atoms with van der Waals surface area (Å²) < 4.78 is 5.68. The summed E-state index contributed by atoms with van der Waals surface area (Å²) in [5.74, 6) is 0.638. The molecular weight excluding hydrogens is 338 g/mol. The van der Waals surface area contributed by atoms with Crippen molar-refractivity contribution < 1.29 is 9.53 Å². The molecule has 0 spiro atoms. The summed E-state index contributed by atoms with van der Waals surface area (Å²) >= 11 is 0. The molecular formula is C22H29N3O2. The molecule has 0 unspecified atom stereocenters. The highest BCUT2D eigenvalue weighted by atomic mass is 16.5. The average molecular weight is 367 g/mol. The fourth-order valence-electron chi connectivity index (χ4n) is 3.34. The molecule has 1 saturated heterocycles. The number of carbonyl (C=O) groups excluding carboxylic acids is 1. The van der Waals surface area contributed by atoms with Crippen molar-refractivity contribution in [2.24, 2.45) is 0 Å². The summed E-state index contributed by atoms with van der Waals surface area (Å²) in [6.45, 7) is 8.61. The first-order valence-corrected chi connectivity index (χ1v) is 9.67. The van der Waals surface area contributed by atoms with Gasteiger partial charge in [0.1, 0.15) is 5.75 Å². The third kappa shape index (κ3) is 5.47. The summed E-state index contributed by atoms with van der Waals surface area (Å²) in [4.78, 5) is 17.2. The van der Waals surface area contributed by atoms with E-state index in [1.165, 1.54) is 5.69 Å². The lowest BCUT2D eigenvalue weighted by Gasteiger charge is -2.39. The van der Waals surface area contributed by atoms with E-state index in [0.29, 0.717) is 18.3 Å². The largest absolute Gasteiger partial charge is 0.481 e. The Morgan fingerprint density at radius 1 is 0.963 bits per heavy atom. The standard InChI is InChI=1S/C22H29N3O2/c1-18(17-23-22(26)19(2)27-21-11-7-4-8-12-21)24-13-15-25(16-14-24)20-9-5-3-6-10-20/h3-12,18-19H,13-17H2,1-2H3,(H,23,26)/t18-,19+/m0/s1. The van der Waals surface area contributed by atoms with E-state index in [2.05, 4.69) is 46.3 Å². The minimum Gasteiger partial charge on any atom is -0.481 e. The lowest BCUT2D eigenvalue weighted by Crippen LogP contribution is -2.53. The summed E-state index contributed by atoms with van der Waals surface area (Å²) in [5.41, 5.74) is 1.28. The SMILES string of the molecule is C[C@@H](Oc1ccccc1)C(=O)NC[C@H](C)N1CCN(c2ccccc2)CC1. The number of nitrogens with zero attached hydrogens (tertiary/aromatic N) is 2. The lowest BCUT2D eigenvalue weighted by molar-refractivity contribution is -0.127. The molecule has 1 aliphatic heterocycles. The molecule has 0 aromatic heterocycles. The monoisotopic (exact) mass is 367 g/mol. The predicted molar refractivity (Wildman–Crippen MR) is 109 cm³/mol. The third-order valence-electron chi connectivity index (χ3n) is 5.06. The van der Waals surface area contributed by atoms with Crippen molar-refractivity contribution in [2.75, 3.05) is 37.6 Å². The smallest absolute Gasteiger partial charge is 0.260 e. The van der Waals surface area contributed by atoms with Gasteiger partial charge in [-0.05, 0) is 38.1 Å². The van der Waals surface area contributed by atoms with E-state index >= 15 is 0 Å². The highest BCUT2D eigenvalue weighted by molar-refractivity contribution is 5.80. The van der Waals surface area contributed by atoms with Crippen molar-refractivity contribution in [1.29, 1.82) is 0 Å². The van der Waals surface area contributed by atoms with Crippen LogP contribution in [0.1, 0.15) is 13.8 Å². The van der Waals surface area contributed by atoms with Crippen molar-refractivity contribution in [3.63, 3.8) is 0 Å². The number of ether oxygens (including phenoxy) is 1. The zero-order chi connectivity index (χ0) is 19.1. The van der Waals surface area contributed by atoms with E-state index in [9.17, 15) is 4.79 Å². The van der Waals surface area contributed by atoms with Gasteiger partial charge in [0, 0.05) is 44.5 Å². The van der Waals surface area contributed by atoms with Gasteiger partial charge >= 0.3 is 0 Å². The van der Waals surface area contributed by atoms with Crippen LogP contribution in [0.5, 0.6) is 5.75 Å². The maximum absolute atomic E-state index is 12.3. The zero-order valence-electron chi connectivity index (χ0n) is 16.2. The summed E-state index contributed by atoms with van der Waals surface area (Å²) in [6, 6.07) is 20.3. The number of piperazine rings is 1. The van der Waals surface area contributed by atoms with Gasteiger partial charge in [-0.2, -0.15) is 0 Å². The molecule has 2 atom stereocenters. The number of nitrogens with one attached hydrogen (secondary N) is 1. The Hall–Kier alpha value is -2.53. The number of benzene rings is 2. The first-order chi connectivity index (χ1) is 13.1. The molecule has 3 rings (SSSR count). The number of amides is 1. The molecule has 144 valence electrons. The molecule has 2 aromatic carbocycles. The Morgan fingerprint density at radius 2 is 1.56 bits per heavy atom. The van der Waals surface area contributed by atoms with Crippen LogP contribution in [0.4, 0.5) is 5.69 Å².